The van der Waals surface area contributed by atoms with Crippen molar-refractivity contribution in [3.05, 3.63) is 57.2 Å². The topological polar surface area (TPSA) is 55.4 Å². The van der Waals surface area contributed by atoms with E-state index in [1.54, 1.807) is 24.3 Å². The zero-order valence-electron chi connectivity index (χ0n) is 13.0. The van der Waals surface area contributed by atoms with Gasteiger partial charge in [0.15, 0.2) is 6.61 Å². The summed E-state index contributed by atoms with van der Waals surface area (Å²) in [5, 5.41) is 2.89. The first-order valence-corrected chi connectivity index (χ1v) is 8.35. The molecule has 0 aliphatic heterocycles. The van der Waals surface area contributed by atoms with Gasteiger partial charge >= 0.3 is 0 Å². The van der Waals surface area contributed by atoms with Crippen molar-refractivity contribution in [3.8, 4) is 5.75 Å². The molecule has 0 saturated carbocycles. The Morgan fingerprint density at radius 1 is 1.22 bits per heavy atom. The average molecular weight is 423 g/mol. The first-order valence-electron chi connectivity index (χ1n) is 7.27. The maximum atomic E-state index is 12.1. The smallest absolute Gasteiger partial charge is 0.262 e. The summed E-state index contributed by atoms with van der Waals surface area (Å²) < 4.78 is 6.57. The number of carbonyl (C=O) groups is 2. The van der Waals surface area contributed by atoms with Crippen LogP contribution in [0.15, 0.2) is 42.5 Å². The molecule has 4 nitrogen and oxygen atoms in total. The zero-order valence-corrected chi connectivity index (χ0v) is 15.2. The van der Waals surface area contributed by atoms with Crippen LogP contribution in [0.3, 0.4) is 0 Å². The van der Waals surface area contributed by atoms with Gasteiger partial charge in [-0.1, -0.05) is 13.8 Å². The fourth-order valence-corrected chi connectivity index (χ4v) is 2.62. The Bertz CT molecular complexity index is 696. The number of halogens is 1. The molecule has 2 aromatic rings. The van der Waals surface area contributed by atoms with E-state index < -0.39 is 0 Å². The highest BCUT2D eigenvalue weighted by Gasteiger charge is 2.11. The SMILES string of the molecule is CC(C)c1cc(I)ccc1NC(=O)COc1ccc(C=O)cc1. The van der Waals surface area contributed by atoms with E-state index >= 15 is 0 Å². The quantitative estimate of drug-likeness (QED) is 0.559. The summed E-state index contributed by atoms with van der Waals surface area (Å²) in [6.07, 6.45) is 0.765. The lowest BCUT2D eigenvalue weighted by Crippen LogP contribution is -2.21. The normalized spacial score (nSPS) is 10.4. The lowest BCUT2D eigenvalue weighted by Gasteiger charge is -2.14. The van der Waals surface area contributed by atoms with E-state index in [4.69, 9.17) is 4.74 Å². The molecule has 0 saturated heterocycles. The van der Waals surface area contributed by atoms with Gasteiger partial charge in [-0.3, -0.25) is 9.59 Å². The summed E-state index contributed by atoms with van der Waals surface area (Å²) in [6, 6.07) is 12.6. The van der Waals surface area contributed by atoms with E-state index in [1.165, 1.54) is 0 Å². The van der Waals surface area contributed by atoms with Gasteiger partial charge in [0.2, 0.25) is 0 Å². The van der Waals surface area contributed by atoms with Crippen molar-refractivity contribution >= 4 is 40.5 Å². The molecule has 5 heteroatoms. The Kier molecular flexibility index (Phi) is 6.15. The van der Waals surface area contributed by atoms with Crippen LogP contribution in [-0.2, 0) is 4.79 Å². The Labute approximate surface area is 149 Å². The second kappa shape index (κ2) is 8.10. The van der Waals surface area contributed by atoms with Crippen molar-refractivity contribution in [2.75, 3.05) is 11.9 Å². The molecule has 0 atom stereocenters. The van der Waals surface area contributed by atoms with Gasteiger partial charge in [-0.15, -0.1) is 0 Å². The van der Waals surface area contributed by atoms with Gasteiger partial charge in [0.25, 0.3) is 5.91 Å². The van der Waals surface area contributed by atoms with Gasteiger partial charge in [0, 0.05) is 14.8 Å². The molecule has 0 fully saturated rings. The minimum atomic E-state index is -0.215. The highest BCUT2D eigenvalue weighted by Crippen LogP contribution is 2.26. The number of carbonyl (C=O) groups excluding carboxylic acids is 2. The van der Waals surface area contributed by atoms with E-state index in [-0.39, 0.29) is 12.5 Å². The van der Waals surface area contributed by atoms with Crippen molar-refractivity contribution in [1.82, 2.24) is 0 Å². The standard InChI is InChI=1S/C18H18INO3/c1-12(2)16-9-14(19)5-8-17(16)20-18(22)11-23-15-6-3-13(10-21)4-7-15/h3-10,12H,11H2,1-2H3,(H,20,22). The van der Waals surface area contributed by atoms with E-state index in [0.29, 0.717) is 17.2 Å². The molecule has 0 aliphatic rings. The first kappa shape index (κ1) is 17.5. The third-order valence-corrected chi connectivity index (χ3v) is 3.97. The van der Waals surface area contributed by atoms with Crippen LogP contribution in [0.25, 0.3) is 0 Å². The second-order valence-electron chi connectivity index (χ2n) is 5.41. The molecule has 0 aromatic heterocycles. The van der Waals surface area contributed by atoms with E-state index in [9.17, 15) is 9.59 Å². The zero-order chi connectivity index (χ0) is 16.8. The average Bonchev–Trinajstić information content (AvgIpc) is 2.55. The van der Waals surface area contributed by atoms with E-state index in [0.717, 1.165) is 21.1 Å². The summed E-state index contributed by atoms with van der Waals surface area (Å²) in [6.45, 7) is 4.10. The van der Waals surface area contributed by atoms with Crippen LogP contribution in [0.2, 0.25) is 0 Å². The molecule has 0 heterocycles. The maximum Gasteiger partial charge on any atom is 0.262 e. The molecular formula is C18H18INO3. The predicted octanol–water partition coefficient (Wildman–Crippen LogP) is 4.24. The number of nitrogens with one attached hydrogen (secondary N) is 1. The molecular weight excluding hydrogens is 405 g/mol. The van der Waals surface area contributed by atoms with E-state index in [1.807, 2.05) is 12.1 Å². The van der Waals surface area contributed by atoms with Crippen LogP contribution >= 0.6 is 22.6 Å². The van der Waals surface area contributed by atoms with Crippen LogP contribution in [0, 0.1) is 3.57 Å². The highest BCUT2D eigenvalue weighted by atomic mass is 127. The molecule has 2 aromatic carbocycles. The van der Waals surface area contributed by atoms with Crippen molar-refractivity contribution in [3.63, 3.8) is 0 Å². The number of hydrogen-bond acceptors (Lipinski definition) is 3. The Hall–Kier alpha value is -1.89. The maximum absolute atomic E-state index is 12.1. The number of rotatable bonds is 6. The molecule has 0 unspecified atom stereocenters. The van der Waals surface area contributed by atoms with Gasteiger partial charge < -0.3 is 10.1 Å². The van der Waals surface area contributed by atoms with Gasteiger partial charge in [-0.25, -0.2) is 0 Å². The van der Waals surface area contributed by atoms with Crippen LogP contribution in [0.5, 0.6) is 5.75 Å². The van der Waals surface area contributed by atoms with Gasteiger partial charge in [-0.2, -0.15) is 0 Å². The summed E-state index contributed by atoms with van der Waals surface area (Å²) in [7, 11) is 0. The number of aldehydes is 1. The summed E-state index contributed by atoms with van der Waals surface area (Å²) in [5.74, 6) is 0.654. The number of amides is 1. The van der Waals surface area contributed by atoms with Crippen molar-refractivity contribution in [1.29, 1.82) is 0 Å². The van der Waals surface area contributed by atoms with Crippen LogP contribution < -0.4 is 10.1 Å². The fourth-order valence-electron chi connectivity index (χ4n) is 2.10. The number of anilines is 1. The minimum absolute atomic E-state index is 0.0794. The summed E-state index contributed by atoms with van der Waals surface area (Å²) in [5.41, 5.74) is 2.48. The predicted molar refractivity (Wildman–Crippen MR) is 99.2 cm³/mol. The Balaban J connectivity index is 1.98. The summed E-state index contributed by atoms with van der Waals surface area (Å²) in [4.78, 5) is 22.7. The number of ether oxygens (including phenoxy) is 1. The number of benzene rings is 2. The van der Waals surface area contributed by atoms with Gasteiger partial charge in [0.1, 0.15) is 12.0 Å². The van der Waals surface area contributed by atoms with Crippen molar-refractivity contribution in [2.24, 2.45) is 0 Å². The monoisotopic (exact) mass is 423 g/mol. The Morgan fingerprint density at radius 3 is 2.52 bits per heavy atom. The minimum Gasteiger partial charge on any atom is -0.484 e. The molecule has 0 spiro atoms. The lowest BCUT2D eigenvalue weighted by atomic mass is 10.0. The van der Waals surface area contributed by atoms with Crippen LogP contribution in [0.4, 0.5) is 5.69 Å². The Morgan fingerprint density at radius 2 is 1.91 bits per heavy atom. The molecule has 0 bridgehead atoms. The van der Waals surface area contributed by atoms with Crippen LogP contribution in [-0.4, -0.2) is 18.8 Å². The largest absolute Gasteiger partial charge is 0.484 e. The first-order chi connectivity index (χ1) is 11.0. The van der Waals surface area contributed by atoms with Crippen LogP contribution in [0.1, 0.15) is 35.7 Å². The lowest BCUT2D eigenvalue weighted by molar-refractivity contribution is -0.118. The third kappa shape index (κ3) is 5.06. The number of hydrogen-bond donors (Lipinski definition) is 1. The van der Waals surface area contributed by atoms with Gasteiger partial charge in [0.05, 0.1) is 0 Å². The molecule has 23 heavy (non-hydrogen) atoms. The molecule has 1 amide bonds. The summed E-state index contributed by atoms with van der Waals surface area (Å²) >= 11 is 2.26. The van der Waals surface area contributed by atoms with Gasteiger partial charge in [-0.05, 0) is 76.5 Å². The third-order valence-electron chi connectivity index (χ3n) is 3.30. The molecule has 0 radical (unpaired) electrons. The van der Waals surface area contributed by atoms with Crippen molar-refractivity contribution < 1.29 is 14.3 Å². The fraction of sp³-hybridized carbons (Fsp3) is 0.222. The van der Waals surface area contributed by atoms with Crippen molar-refractivity contribution in [2.45, 2.75) is 19.8 Å². The molecule has 1 N–H and O–H groups in total. The molecule has 120 valence electrons. The second-order valence-corrected chi connectivity index (χ2v) is 6.66. The molecule has 0 aliphatic carbocycles. The highest BCUT2D eigenvalue weighted by molar-refractivity contribution is 14.1. The molecule has 2 rings (SSSR count). The van der Waals surface area contributed by atoms with E-state index in [2.05, 4.69) is 47.8 Å².